The van der Waals surface area contributed by atoms with Crippen molar-refractivity contribution in [3.05, 3.63) is 0 Å². The molecule has 1 aliphatic carbocycles. The van der Waals surface area contributed by atoms with E-state index in [0.29, 0.717) is 5.84 Å². The fourth-order valence-corrected chi connectivity index (χ4v) is 2.67. The van der Waals surface area contributed by atoms with E-state index >= 15 is 0 Å². The van der Waals surface area contributed by atoms with Gasteiger partial charge in [0.15, 0.2) is 0 Å². The maximum absolute atomic E-state index is 7.56. The van der Waals surface area contributed by atoms with Crippen LogP contribution in [0.1, 0.15) is 39.5 Å². The van der Waals surface area contributed by atoms with Crippen molar-refractivity contribution in [2.45, 2.75) is 45.6 Å². The molecule has 0 atom stereocenters. The first kappa shape index (κ1) is 13.8. The van der Waals surface area contributed by atoms with E-state index < -0.39 is 0 Å². The van der Waals surface area contributed by atoms with Crippen molar-refractivity contribution >= 4 is 5.84 Å². The first-order valence-corrected chi connectivity index (χ1v) is 7.30. The minimum absolute atomic E-state index is 0.129. The number of nitrogens with zero attached hydrogens (tertiary/aromatic N) is 2. The average Bonchev–Trinajstić information content (AvgIpc) is 3.13. The van der Waals surface area contributed by atoms with Crippen LogP contribution in [0.25, 0.3) is 0 Å². The highest BCUT2D eigenvalue weighted by molar-refractivity contribution is 5.82. The Kier molecular flexibility index (Phi) is 4.28. The van der Waals surface area contributed by atoms with Crippen LogP contribution in [0.15, 0.2) is 0 Å². The van der Waals surface area contributed by atoms with Crippen LogP contribution in [-0.2, 0) is 0 Å². The van der Waals surface area contributed by atoms with Gasteiger partial charge in [-0.15, -0.1) is 0 Å². The second-order valence-corrected chi connectivity index (χ2v) is 6.51. The van der Waals surface area contributed by atoms with Crippen molar-refractivity contribution in [2.24, 2.45) is 11.1 Å². The lowest BCUT2D eigenvalue weighted by atomic mass is 9.86. The topological polar surface area (TPSA) is 56.4 Å². The van der Waals surface area contributed by atoms with Crippen molar-refractivity contribution in [2.75, 3.05) is 32.7 Å². The summed E-state index contributed by atoms with van der Waals surface area (Å²) in [6, 6.07) is 0.920. The Labute approximate surface area is 111 Å². The predicted molar refractivity (Wildman–Crippen MR) is 76.0 cm³/mol. The zero-order valence-corrected chi connectivity index (χ0v) is 11.9. The van der Waals surface area contributed by atoms with E-state index in [1.165, 1.54) is 39.0 Å². The molecule has 2 rings (SSSR count). The summed E-state index contributed by atoms with van der Waals surface area (Å²) in [6.07, 6.45) is 5.01. The first-order valence-electron chi connectivity index (χ1n) is 7.30. The fraction of sp³-hybridized carbons (Fsp3) is 0.929. The van der Waals surface area contributed by atoms with Gasteiger partial charge in [-0.3, -0.25) is 10.3 Å². The van der Waals surface area contributed by atoms with E-state index in [4.69, 9.17) is 11.1 Å². The third-order valence-electron chi connectivity index (χ3n) is 4.48. The third-order valence-corrected chi connectivity index (χ3v) is 4.48. The maximum Gasteiger partial charge on any atom is 0.0963 e. The van der Waals surface area contributed by atoms with Gasteiger partial charge < -0.3 is 10.6 Å². The molecule has 3 N–H and O–H groups in total. The second-order valence-electron chi connectivity index (χ2n) is 6.51. The van der Waals surface area contributed by atoms with Crippen molar-refractivity contribution in [1.82, 2.24) is 9.80 Å². The van der Waals surface area contributed by atoms with Crippen molar-refractivity contribution in [1.29, 1.82) is 5.41 Å². The molecule has 0 aromatic carbocycles. The molecule has 2 fully saturated rings. The number of hydrogen-bond donors (Lipinski definition) is 2. The minimum Gasteiger partial charge on any atom is -0.387 e. The van der Waals surface area contributed by atoms with Crippen molar-refractivity contribution < 1.29 is 0 Å². The van der Waals surface area contributed by atoms with Gasteiger partial charge in [0.05, 0.1) is 5.84 Å². The lowest BCUT2D eigenvalue weighted by Gasteiger charge is -2.35. The van der Waals surface area contributed by atoms with Gasteiger partial charge in [-0.25, -0.2) is 0 Å². The lowest BCUT2D eigenvalue weighted by molar-refractivity contribution is 0.123. The largest absolute Gasteiger partial charge is 0.387 e. The summed E-state index contributed by atoms with van der Waals surface area (Å²) in [5.74, 6) is 0.320. The van der Waals surface area contributed by atoms with Crippen LogP contribution in [-0.4, -0.2) is 54.4 Å². The van der Waals surface area contributed by atoms with Gasteiger partial charge in [-0.2, -0.15) is 0 Å². The summed E-state index contributed by atoms with van der Waals surface area (Å²) in [7, 11) is 0. The zero-order valence-electron chi connectivity index (χ0n) is 11.9. The number of nitrogens with two attached hydrogens (primary N) is 1. The molecule has 0 radical (unpaired) electrons. The van der Waals surface area contributed by atoms with Crippen molar-refractivity contribution in [3.8, 4) is 0 Å². The van der Waals surface area contributed by atoms with Crippen LogP contribution in [0.4, 0.5) is 0 Å². The molecule has 1 saturated carbocycles. The van der Waals surface area contributed by atoms with E-state index in [9.17, 15) is 0 Å². The van der Waals surface area contributed by atoms with Gasteiger partial charge >= 0.3 is 0 Å². The van der Waals surface area contributed by atoms with Crippen LogP contribution < -0.4 is 5.73 Å². The number of nitrogens with one attached hydrogen (secondary N) is 1. The average molecular weight is 252 g/mol. The molecule has 2 aliphatic rings. The first-order chi connectivity index (χ1) is 8.49. The number of hydrogen-bond acceptors (Lipinski definition) is 3. The molecule has 0 unspecified atom stereocenters. The van der Waals surface area contributed by atoms with E-state index in [2.05, 4.69) is 23.6 Å². The molecule has 18 heavy (non-hydrogen) atoms. The molecule has 4 heteroatoms. The molecular weight excluding hydrogens is 224 g/mol. The Hall–Kier alpha value is -0.610. The summed E-state index contributed by atoms with van der Waals surface area (Å²) >= 11 is 0. The van der Waals surface area contributed by atoms with Gasteiger partial charge in [0, 0.05) is 37.6 Å². The quantitative estimate of drug-likeness (QED) is 0.556. The molecule has 1 heterocycles. The summed E-state index contributed by atoms with van der Waals surface area (Å²) < 4.78 is 0. The minimum atomic E-state index is -0.129. The van der Waals surface area contributed by atoms with E-state index in [0.717, 1.165) is 25.4 Å². The lowest BCUT2D eigenvalue weighted by Crippen LogP contribution is -2.47. The van der Waals surface area contributed by atoms with E-state index in [-0.39, 0.29) is 5.41 Å². The highest BCUT2D eigenvalue weighted by Gasteiger charge is 2.31. The van der Waals surface area contributed by atoms with E-state index in [1.54, 1.807) is 0 Å². The maximum atomic E-state index is 7.56. The Balaban J connectivity index is 1.61. The number of amidine groups is 1. The normalized spacial score (nSPS) is 23.2. The highest BCUT2D eigenvalue weighted by Crippen LogP contribution is 2.27. The Morgan fingerprint density at radius 1 is 1.22 bits per heavy atom. The van der Waals surface area contributed by atoms with Gasteiger partial charge in [0.1, 0.15) is 0 Å². The monoisotopic (exact) mass is 252 g/mol. The Bertz CT molecular complexity index is 288. The molecule has 104 valence electrons. The SMILES string of the molecule is CC(C)(CCCN1CCN(C2CC2)CC1)C(=N)N. The van der Waals surface area contributed by atoms with Crippen LogP contribution in [0, 0.1) is 10.8 Å². The van der Waals surface area contributed by atoms with Gasteiger partial charge in [-0.05, 0) is 32.2 Å². The molecule has 0 aromatic rings. The van der Waals surface area contributed by atoms with Crippen molar-refractivity contribution in [3.63, 3.8) is 0 Å². The molecule has 1 aliphatic heterocycles. The Morgan fingerprint density at radius 2 is 1.83 bits per heavy atom. The standard InChI is InChI=1S/C14H28N4/c1-14(2,13(15)16)6-3-7-17-8-10-18(11-9-17)12-4-5-12/h12H,3-11H2,1-2H3,(H3,15,16). The van der Waals surface area contributed by atoms with Gasteiger partial charge in [0.2, 0.25) is 0 Å². The molecule has 0 amide bonds. The number of piperazine rings is 1. The molecule has 1 saturated heterocycles. The Morgan fingerprint density at radius 3 is 2.33 bits per heavy atom. The van der Waals surface area contributed by atoms with Gasteiger partial charge in [-0.1, -0.05) is 13.8 Å². The van der Waals surface area contributed by atoms with Gasteiger partial charge in [0.25, 0.3) is 0 Å². The van der Waals surface area contributed by atoms with E-state index in [1.807, 2.05) is 0 Å². The molecule has 0 aromatic heterocycles. The van der Waals surface area contributed by atoms with Crippen LogP contribution >= 0.6 is 0 Å². The second kappa shape index (κ2) is 5.57. The molecule has 0 spiro atoms. The summed E-state index contributed by atoms with van der Waals surface area (Å²) in [4.78, 5) is 5.21. The summed E-state index contributed by atoms with van der Waals surface area (Å²) in [6.45, 7) is 10.2. The summed E-state index contributed by atoms with van der Waals surface area (Å²) in [5.41, 5.74) is 5.48. The third kappa shape index (κ3) is 3.69. The molecule has 0 bridgehead atoms. The van der Waals surface area contributed by atoms with Crippen LogP contribution in [0.3, 0.4) is 0 Å². The predicted octanol–water partition coefficient (Wildman–Crippen LogP) is 1.51. The molecular formula is C14H28N4. The summed E-state index contributed by atoms with van der Waals surface area (Å²) in [5, 5.41) is 7.56. The smallest absolute Gasteiger partial charge is 0.0963 e. The fourth-order valence-electron chi connectivity index (χ4n) is 2.67. The highest BCUT2D eigenvalue weighted by atomic mass is 15.3. The zero-order chi connectivity index (χ0) is 13.2. The number of rotatable bonds is 6. The molecule has 4 nitrogen and oxygen atoms in total. The van der Waals surface area contributed by atoms with Crippen LogP contribution in [0.2, 0.25) is 0 Å². The van der Waals surface area contributed by atoms with Crippen LogP contribution in [0.5, 0.6) is 0 Å².